The Bertz CT molecular complexity index is 1280. The van der Waals surface area contributed by atoms with E-state index in [2.05, 4.69) is 54.3 Å². The lowest BCUT2D eigenvalue weighted by Crippen LogP contribution is -2.43. The maximum absolute atomic E-state index is 13.3. The smallest absolute Gasteiger partial charge is 0.253 e. The van der Waals surface area contributed by atoms with Crippen molar-refractivity contribution in [1.29, 1.82) is 0 Å². The van der Waals surface area contributed by atoms with Crippen molar-refractivity contribution in [3.63, 3.8) is 0 Å². The van der Waals surface area contributed by atoms with Gasteiger partial charge in [0.1, 0.15) is 0 Å². The Balaban J connectivity index is 1.29. The van der Waals surface area contributed by atoms with E-state index >= 15 is 0 Å². The van der Waals surface area contributed by atoms with Gasteiger partial charge in [-0.25, -0.2) is 0 Å². The second-order valence-electron chi connectivity index (χ2n) is 10.5. The summed E-state index contributed by atoms with van der Waals surface area (Å²) in [6.45, 7) is 5.25. The molecule has 3 aromatic carbocycles. The summed E-state index contributed by atoms with van der Waals surface area (Å²) in [5.74, 6) is 0.167. The van der Waals surface area contributed by atoms with Gasteiger partial charge in [-0.1, -0.05) is 83.9 Å². The van der Waals surface area contributed by atoms with E-state index < -0.39 is 0 Å². The second-order valence-corrected chi connectivity index (χ2v) is 11.3. The molecule has 0 N–H and O–H groups in total. The Kier molecular flexibility index (Phi) is 7.76. The predicted molar refractivity (Wildman–Crippen MR) is 155 cm³/mol. The lowest BCUT2D eigenvalue weighted by Gasteiger charge is -2.40. The first kappa shape index (κ1) is 26.0. The van der Waals surface area contributed by atoms with Crippen LogP contribution in [0.15, 0.2) is 78.9 Å². The molecule has 1 aliphatic carbocycles. The molecule has 1 saturated heterocycles. The molecule has 1 fully saturated rings. The Morgan fingerprint density at radius 2 is 1.68 bits per heavy atom. The van der Waals surface area contributed by atoms with Gasteiger partial charge in [-0.05, 0) is 86.8 Å². The molecule has 37 heavy (non-hydrogen) atoms. The predicted octanol–water partition coefficient (Wildman–Crippen LogP) is 7.69. The highest BCUT2D eigenvalue weighted by Crippen LogP contribution is 2.44. The molecule has 0 saturated carbocycles. The zero-order valence-electron chi connectivity index (χ0n) is 21.5. The van der Waals surface area contributed by atoms with Crippen LogP contribution in [-0.2, 0) is 5.41 Å². The van der Waals surface area contributed by atoms with Crippen molar-refractivity contribution >= 4 is 35.2 Å². The molecule has 192 valence electrons. The van der Waals surface area contributed by atoms with Gasteiger partial charge in [0.05, 0.1) is 10.0 Å². The van der Waals surface area contributed by atoms with Gasteiger partial charge in [-0.3, -0.25) is 4.79 Å². The van der Waals surface area contributed by atoms with Crippen LogP contribution in [-0.4, -0.2) is 48.4 Å². The molecule has 1 spiro atoms. The molecular formula is C32H34Cl2N2O. The number of hydrogen-bond acceptors (Lipinski definition) is 2. The van der Waals surface area contributed by atoms with E-state index in [1.165, 1.54) is 11.1 Å². The number of amides is 1. The third-order valence-corrected chi connectivity index (χ3v) is 9.23. The van der Waals surface area contributed by atoms with E-state index in [9.17, 15) is 4.79 Å². The number of rotatable bonds is 7. The average molecular weight is 534 g/mol. The van der Waals surface area contributed by atoms with Crippen molar-refractivity contribution in [1.82, 2.24) is 9.80 Å². The molecule has 5 rings (SSSR count). The van der Waals surface area contributed by atoms with Crippen molar-refractivity contribution in [2.24, 2.45) is 0 Å². The van der Waals surface area contributed by atoms with E-state index in [0.717, 1.165) is 44.5 Å². The topological polar surface area (TPSA) is 23.6 Å². The minimum absolute atomic E-state index is 0.00859. The summed E-state index contributed by atoms with van der Waals surface area (Å²) >= 11 is 12.7. The molecule has 1 amide bonds. The summed E-state index contributed by atoms with van der Waals surface area (Å²) in [5, 5.41) is 1.11. The number of carbonyl (C=O) groups is 1. The third-order valence-electron chi connectivity index (χ3n) is 8.49. The number of halogens is 2. The Hall–Kier alpha value is -2.59. The molecule has 2 aliphatic rings. The summed E-state index contributed by atoms with van der Waals surface area (Å²) in [5.41, 5.74) is 4.87. The van der Waals surface area contributed by atoms with Crippen molar-refractivity contribution < 1.29 is 4.79 Å². The lowest BCUT2D eigenvalue weighted by molar-refractivity contribution is 0.0712. The van der Waals surface area contributed by atoms with Crippen LogP contribution < -0.4 is 0 Å². The SMILES string of the molecule is CC([C@@H](CCN1CCC2(C=Cc3ccccc32)CC1)c1ccc(Cl)c(Cl)c1)N(C)C(=O)c1ccccc1. The van der Waals surface area contributed by atoms with Crippen molar-refractivity contribution in [3.8, 4) is 0 Å². The van der Waals surface area contributed by atoms with Gasteiger partial charge in [0.15, 0.2) is 0 Å². The van der Waals surface area contributed by atoms with E-state index in [0.29, 0.717) is 15.6 Å². The van der Waals surface area contributed by atoms with Crippen LogP contribution in [0.2, 0.25) is 10.0 Å². The van der Waals surface area contributed by atoms with Crippen LogP contribution in [0, 0.1) is 0 Å². The van der Waals surface area contributed by atoms with Gasteiger partial charge in [0, 0.05) is 30.0 Å². The van der Waals surface area contributed by atoms with Crippen molar-refractivity contribution in [2.45, 2.75) is 43.6 Å². The molecule has 1 heterocycles. The van der Waals surface area contributed by atoms with Crippen LogP contribution >= 0.6 is 23.2 Å². The van der Waals surface area contributed by atoms with Gasteiger partial charge in [-0.2, -0.15) is 0 Å². The van der Waals surface area contributed by atoms with Crippen molar-refractivity contribution in [2.75, 3.05) is 26.7 Å². The highest BCUT2D eigenvalue weighted by molar-refractivity contribution is 6.42. The fourth-order valence-electron chi connectivity index (χ4n) is 6.04. The first-order valence-electron chi connectivity index (χ1n) is 13.2. The molecule has 0 bridgehead atoms. The fourth-order valence-corrected chi connectivity index (χ4v) is 6.34. The van der Waals surface area contributed by atoms with E-state index in [1.54, 1.807) is 0 Å². The zero-order chi connectivity index (χ0) is 26.0. The Labute approximate surface area is 230 Å². The molecule has 5 heteroatoms. The molecule has 2 atom stereocenters. The summed E-state index contributed by atoms with van der Waals surface area (Å²) < 4.78 is 0. The number of carbonyl (C=O) groups excluding carboxylic acids is 1. The number of likely N-dealkylation sites (tertiary alicyclic amines) is 1. The first-order valence-corrected chi connectivity index (χ1v) is 13.9. The van der Waals surface area contributed by atoms with Crippen LogP contribution in [0.5, 0.6) is 0 Å². The van der Waals surface area contributed by atoms with Gasteiger partial charge >= 0.3 is 0 Å². The molecule has 1 aliphatic heterocycles. The minimum Gasteiger partial charge on any atom is -0.338 e. The maximum Gasteiger partial charge on any atom is 0.253 e. The highest BCUT2D eigenvalue weighted by atomic mass is 35.5. The number of likely N-dealkylation sites (N-methyl/N-ethyl adjacent to an activating group) is 1. The lowest BCUT2D eigenvalue weighted by atomic mass is 9.74. The quantitative estimate of drug-likeness (QED) is 0.311. The normalized spacial score (nSPS) is 17.9. The van der Waals surface area contributed by atoms with Gasteiger partial charge in [0.2, 0.25) is 0 Å². The molecule has 0 radical (unpaired) electrons. The highest BCUT2D eigenvalue weighted by Gasteiger charge is 2.38. The minimum atomic E-state index is -0.00859. The van der Waals surface area contributed by atoms with Gasteiger partial charge in [0.25, 0.3) is 5.91 Å². The molecule has 1 unspecified atom stereocenters. The summed E-state index contributed by atoms with van der Waals surface area (Å²) in [6, 6.07) is 24.2. The summed E-state index contributed by atoms with van der Waals surface area (Å²) in [4.78, 5) is 17.7. The van der Waals surface area contributed by atoms with E-state index in [1.807, 2.05) is 54.4 Å². The molecule has 3 aromatic rings. The Morgan fingerprint density at radius 3 is 2.41 bits per heavy atom. The molecular weight excluding hydrogens is 499 g/mol. The third kappa shape index (κ3) is 5.36. The van der Waals surface area contributed by atoms with Gasteiger partial charge in [-0.15, -0.1) is 0 Å². The zero-order valence-corrected chi connectivity index (χ0v) is 23.1. The summed E-state index contributed by atoms with van der Waals surface area (Å²) in [6.07, 6.45) is 7.94. The average Bonchev–Trinajstić information content (AvgIpc) is 3.29. The van der Waals surface area contributed by atoms with Gasteiger partial charge < -0.3 is 9.80 Å². The number of allylic oxidation sites excluding steroid dienone is 1. The van der Waals surface area contributed by atoms with E-state index in [-0.39, 0.29) is 23.3 Å². The monoisotopic (exact) mass is 532 g/mol. The van der Waals surface area contributed by atoms with Crippen LogP contribution in [0.4, 0.5) is 0 Å². The summed E-state index contributed by atoms with van der Waals surface area (Å²) in [7, 11) is 1.90. The molecule has 0 aromatic heterocycles. The number of piperidine rings is 1. The van der Waals surface area contributed by atoms with E-state index in [4.69, 9.17) is 23.2 Å². The van der Waals surface area contributed by atoms with Crippen molar-refractivity contribution in [3.05, 3.63) is 111 Å². The largest absolute Gasteiger partial charge is 0.338 e. The first-order chi connectivity index (χ1) is 17.9. The number of hydrogen-bond donors (Lipinski definition) is 0. The number of benzene rings is 3. The van der Waals surface area contributed by atoms with Crippen LogP contribution in [0.3, 0.4) is 0 Å². The second kappa shape index (κ2) is 11.0. The number of nitrogens with zero attached hydrogens (tertiary/aromatic N) is 2. The van der Waals surface area contributed by atoms with Crippen LogP contribution in [0.25, 0.3) is 6.08 Å². The fraction of sp³-hybridized carbons (Fsp3) is 0.344. The maximum atomic E-state index is 13.3. The molecule has 3 nitrogen and oxygen atoms in total. The van der Waals surface area contributed by atoms with Crippen LogP contribution in [0.1, 0.15) is 59.2 Å². The number of fused-ring (bicyclic) bond motifs is 2. The Morgan fingerprint density at radius 1 is 0.973 bits per heavy atom. The standard InChI is InChI=1S/C32H34Cl2N2O/c1-23(35(2)31(37)25-9-4-3-5-10-25)27(26-12-13-29(33)30(34)22-26)15-19-36-20-17-32(18-21-36)16-14-24-8-6-7-11-28(24)32/h3-14,16,22-23,27H,15,17-21H2,1-2H3/t23?,27-/m1/s1.